The summed E-state index contributed by atoms with van der Waals surface area (Å²) in [6, 6.07) is 6.34. The van der Waals surface area contributed by atoms with Gasteiger partial charge in [-0.05, 0) is 24.5 Å². The topological polar surface area (TPSA) is 28.7 Å². The van der Waals surface area contributed by atoms with Gasteiger partial charge in [0.1, 0.15) is 5.58 Å². The molecule has 1 aromatic heterocycles. The molecular formula is C17H18N2OS. The van der Waals surface area contributed by atoms with Crippen molar-refractivity contribution in [3.8, 4) is 0 Å². The van der Waals surface area contributed by atoms with Gasteiger partial charge < -0.3 is 9.32 Å². The summed E-state index contributed by atoms with van der Waals surface area (Å²) in [6.07, 6.45) is 1.85. The van der Waals surface area contributed by atoms with Gasteiger partial charge in [0, 0.05) is 22.4 Å². The fourth-order valence-corrected chi connectivity index (χ4v) is 4.31. The van der Waals surface area contributed by atoms with Gasteiger partial charge in [-0.15, -0.1) is 0 Å². The molecule has 2 aliphatic heterocycles. The quantitative estimate of drug-likeness (QED) is 0.818. The van der Waals surface area contributed by atoms with Gasteiger partial charge in [0.05, 0.1) is 18.5 Å². The monoisotopic (exact) mass is 298 g/mol. The van der Waals surface area contributed by atoms with Gasteiger partial charge in [0.15, 0.2) is 5.17 Å². The molecule has 0 unspecified atom stereocenters. The normalized spacial score (nSPS) is 18.1. The maximum Gasteiger partial charge on any atom is 0.168 e. The summed E-state index contributed by atoms with van der Waals surface area (Å²) in [6.45, 7) is 8.52. The number of rotatable bonds is 2. The second-order valence-corrected chi connectivity index (χ2v) is 6.89. The predicted molar refractivity (Wildman–Crippen MR) is 89.3 cm³/mol. The van der Waals surface area contributed by atoms with Gasteiger partial charge in [-0.2, -0.15) is 0 Å². The van der Waals surface area contributed by atoms with Crippen LogP contribution in [0.1, 0.15) is 25.0 Å². The van der Waals surface area contributed by atoms with E-state index in [-0.39, 0.29) is 0 Å². The SMILES string of the molecule is Cc1coc2cccc(C3=C(C(C)C)SC4=NCCN43)c12. The van der Waals surface area contributed by atoms with Crippen LogP contribution in [0.4, 0.5) is 0 Å². The van der Waals surface area contributed by atoms with Crippen molar-refractivity contribution in [3.63, 3.8) is 0 Å². The molecule has 0 amide bonds. The molecule has 21 heavy (non-hydrogen) atoms. The first-order valence-electron chi connectivity index (χ1n) is 7.38. The van der Waals surface area contributed by atoms with E-state index in [1.165, 1.54) is 27.1 Å². The highest BCUT2D eigenvalue weighted by molar-refractivity contribution is 8.17. The first-order chi connectivity index (χ1) is 10.2. The molecule has 4 rings (SSSR count). The Balaban J connectivity index is 1.99. The van der Waals surface area contributed by atoms with Crippen LogP contribution >= 0.6 is 11.8 Å². The molecule has 0 saturated carbocycles. The molecule has 1 aromatic carbocycles. The molecule has 4 heteroatoms. The molecule has 0 N–H and O–H groups in total. The number of amidine groups is 1. The first-order valence-corrected chi connectivity index (χ1v) is 8.19. The molecule has 108 valence electrons. The molecule has 3 heterocycles. The van der Waals surface area contributed by atoms with E-state index in [0.29, 0.717) is 5.92 Å². The maximum absolute atomic E-state index is 5.68. The van der Waals surface area contributed by atoms with Crippen LogP contribution in [0.15, 0.2) is 38.8 Å². The zero-order valence-electron chi connectivity index (χ0n) is 12.5. The van der Waals surface area contributed by atoms with Crippen LogP contribution in [-0.2, 0) is 0 Å². The fourth-order valence-electron chi connectivity index (χ4n) is 3.11. The maximum atomic E-state index is 5.68. The summed E-state index contributed by atoms with van der Waals surface area (Å²) in [4.78, 5) is 8.43. The van der Waals surface area contributed by atoms with Crippen LogP contribution in [0, 0.1) is 12.8 Å². The van der Waals surface area contributed by atoms with Crippen molar-refractivity contribution < 1.29 is 4.42 Å². The lowest BCUT2D eigenvalue weighted by atomic mass is 10.0. The lowest BCUT2D eigenvalue weighted by molar-refractivity contribution is 0.612. The lowest BCUT2D eigenvalue weighted by Crippen LogP contribution is -2.20. The van der Waals surface area contributed by atoms with Crippen LogP contribution in [0.3, 0.4) is 0 Å². The van der Waals surface area contributed by atoms with E-state index >= 15 is 0 Å². The highest BCUT2D eigenvalue weighted by Gasteiger charge is 2.35. The average molecular weight is 298 g/mol. The predicted octanol–water partition coefficient (Wildman–Crippen LogP) is 4.48. The van der Waals surface area contributed by atoms with E-state index in [1.807, 2.05) is 24.1 Å². The summed E-state index contributed by atoms with van der Waals surface area (Å²) < 4.78 is 5.68. The summed E-state index contributed by atoms with van der Waals surface area (Å²) in [5, 5.41) is 2.39. The van der Waals surface area contributed by atoms with Gasteiger partial charge in [0.2, 0.25) is 0 Å². The summed E-state index contributed by atoms with van der Waals surface area (Å²) in [7, 11) is 0. The summed E-state index contributed by atoms with van der Waals surface area (Å²) in [5.74, 6) is 0.501. The first kappa shape index (κ1) is 13.0. The summed E-state index contributed by atoms with van der Waals surface area (Å²) >= 11 is 1.83. The standard InChI is InChI=1S/C17H18N2OS/c1-10(2)16-15(19-8-7-18-17(19)21-16)12-5-4-6-13-14(12)11(3)9-20-13/h4-6,9-10H,7-8H2,1-3H3. The third-order valence-electron chi connectivity index (χ3n) is 4.07. The highest BCUT2D eigenvalue weighted by Crippen LogP contribution is 2.46. The van der Waals surface area contributed by atoms with E-state index < -0.39 is 0 Å². The number of thioether (sulfide) groups is 1. The van der Waals surface area contributed by atoms with Crippen LogP contribution in [-0.4, -0.2) is 23.2 Å². The van der Waals surface area contributed by atoms with Crippen LogP contribution in [0.5, 0.6) is 0 Å². The molecule has 0 aliphatic carbocycles. The van der Waals surface area contributed by atoms with Crippen LogP contribution < -0.4 is 0 Å². The molecule has 0 atom stereocenters. The van der Waals surface area contributed by atoms with E-state index in [4.69, 9.17) is 4.42 Å². The Morgan fingerprint density at radius 3 is 3.00 bits per heavy atom. The second kappa shape index (κ2) is 4.67. The van der Waals surface area contributed by atoms with Crippen molar-refractivity contribution in [2.75, 3.05) is 13.1 Å². The number of aryl methyl sites for hydroxylation is 1. The van der Waals surface area contributed by atoms with Crippen LogP contribution in [0.25, 0.3) is 16.7 Å². The smallest absolute Gasteiger partial charge is 0.168 e. The molecule has 0 fully saturated rings. The molecule has 2 aliphatic rings. The number of hydrogen-bond donors (Lipinski definition) is 0. The second-order valence-electron chi connectivity index (χ2n) is 5.88. The molecule has 0 spiro atoms. The van der Waals surface area contributed by atoms with E-state index in [1.54, 1.807) is 0 Å². The molecule has 0 saturated heterocycles. The van der Waals surface area contributed by atoms with Gasteiger partial charge in [-0.25, -0.2) is 0 Å². The van der Waals surface area contributed by atoms with Crippen LogP contribution in [0.2, 0.25) is 0 Å². The Morgan fingerprint density at radius 1 is 1.33 bits per heavy atom. The fraction of sp³-hybridized carbons (Fsp3) is 0.353. The largest absolute Gasteiger partial charge is 0.464 e. The Morgan fingerprint density at radius 2 is 2.19 bits per heavy atom. The van der Waals surface area contributed by atoms with Gasteiger partial charge in [0.25, 0.3) is 0 Å². The lowest BCUT2D eigenvalue weighted by Gasteiger charge is -2.19. The third kappa shape index (κ3) is 1.85. The van der Waals surface area contributed by atoms with Crippen molar-refractivity contribution in [3.05, 3.63) is 40.5 Å². The van der Waals surface area contributed by atoms with Crippen molar-refractivity contribution in [1.82, 2.24) is 4.90 Å². The molecular weight excluding hydrogens is 280 g/mol. The minimum Gasteiger partial charge on any atom is -0.464 e. The van der Waals surface area contributed by atoms with Gasteiger partial charge >= 0.3 is 0 Å². The van der Waals surface area contributed by atoms with Crippen molar-refractivity contribution >= 4 is 33.6 Å². The minimum absolute atomic E-state index is 0.501. The molecule has 3 nitrogen and oxygen atoms in total. The minimum atomic E-state index is 0.501. The number of hydrogen-bond acceptors (Lipinski definition) is 4. The van der Waals surface area contributed by atoms with Crippen molar-refractivity contribution in [1.29, 1.82) is 0 Å². The number of fused-ring (bicyclic) bond motifs is 2. The number of aliphatic imine (C=N–C) groups is 1. The number of allylic oxidation sites excluding steroid dienone is 1. The van der Waals surface area contributed by atoms with E-state index in [2.05, 4.69) is 42.8 Å². The Hall–Kier alpha value is -1.68. The molecule has 0 radical (unpaired) electrons. The highest BCUT2D eigenvalue weighted by atomic mass is 32.2. The zero-order chi connectivity index (χ0) is 14.6. The van der Waals surface area contributed by atoms with Gasteiger partial charge in [-0.3, -0.25) is 4.99 Å². The van der Waals surface area contributed by atoms with Crippen molar-refractivity contribution in [2.24, 2.45) is 10.9 Å². The Bertz CT molecular complexity index is 785. The molecule has 0 bridgehead atoms. The van der Waals surface area contributed by atoms with E-state index in [9.17, 15) is 0 Å². The average Bonchev–Trinajstić information content (AvgIpc) is 3.12. The Kier molecular flexibility index (Phi) is 2.89. The third-order valence-corrected chi connectivity index (χ3v) is 5.49. The van der Waals surface area contributed by atoms with Crippen molar-refractivity contribution in [2.45, 2.75) is 20.8 Å². The zero-order valence-corrected chi connectivity index (χ0v) is 13.3. The van der Waals surface area contributed by atoms with Gasteiger partial charge in [-0.1, -0.05) is 37.7 Å². The number of nitrogens with zero attached hydrogens (tertiary/aromatic N) is 2. The number of furan rings is 1. The summed E-state index contributed by atoms with van der Waals surface area (Å²) in [5.41, 5.74) is 4.78. The van der Waals surface area contributed by atoms with E-state index in [0.717, 1.165) is 23.8 Å². The molecule has 2 aromatic rings. The number of benzene rings is 1. The Labute approximate surface area is 128 Å².